The van der Waals surface area contributed by atoms with E-state index in [0.717, 1.165) is 11.0 Å². The van der Waals surface area contributed by atoms with Crippen molar-refractivity contribution in [2.75, 3.05) is 7.11 Å². The van der Waals surface area contributed by atoms with Crippen molar-refractivity contribution in [3.05, 3.63) is 46.3 Å². The summed E-state index contributed by atoms with van der Waals surface area (Å²) in [6.45, 7) is -0.138. The van der Waals surface area contributed by atoms with Gasteiger partial charge in [0.15, 0.2) is 5.78 Å². The normalized spacial score (nSPS) is 10.2. The van der Waals surface area contributed by atoms with Gasteiger partial charge in [-0.2, -0.15) is 4.68 Å². The number of hydrogen-bond donors (Lipinski definition) is 0. The van der Waals surface area contributed by atoms with Crippen LogP contribution in [0.3, 0.4) is 0 Å². The summed E-state index contributed by atoms with van der Waals surface area (Å²) in [5.74, 6) is -0.354. The lowest BCUT2D eigenvalue weighted by molar-refractivity contribution is -0.394. The third kappa shape index (κ3) is 2.73. The van der Waals surface area contributed by atoms with Crippen molar-refractivity contribution in [1.82, 2.24) is 14.8 Å². The Labute approximate surface area is 107 Å². The van der Waals surface area contributed by atoms with Crippen LogP contribution in [0, 0.1) is 10.1 Å². The SMILES string of the molecule is COc1ccccc1C(=O)Cn1cnc([N+](=O)[O-])n1. The molecule has 0 aliphatic heterocycles. The van der Waals surface area contributed by atoms with Crippen molar-refractivity contribution in [2.24, 2.45) is 0 Å². The summed E-state index contributed by atoms with van der Waals surface area (Å²) in [7, 11) is 1.46. The lowest BCUT2D eigenvalue weighted by Gasteiger charge is -2.05. The lowest BCUT2D eigenvalue weighted by atomic mass is 10.1. The maximum atomic E-state index is 12.0. The van der Waals surface area contributed by atoms with E-state index in [2.05, 4.69) is 10.1 Å². The Morgan fingerprint density at radius 3 is 2.84 bits per heavy atom. The molecule has 0 bridgehead atoms. The van der Waals surface area contributed by atoms with E-state index in [9.17, 15) is 14.9 Å². The Morgan fingerprint density at radius 1 is 1.47 bits per heavy atom. The molecule has 0 saturated carbocycles. The van der Waals surface area contributed by atoms with E-state index >= 15 is 0 Å². The molecule has 1 aromatic carbocycles. The molecule has 0 atom stereocenters. The fourth-order valence-electron chi connectivity index (χ4n) is 1.55. The molecule has 0 spiro atoms. The van der Waals surface area contributed by atoms with Crippen LogP contribution < -0.4 is 4.74 Å². The van der Waals surface area contributed by atoms with Crippen LogP contribution in [0.5, 0.6) is 5.75 Å². The Hall–Kier alpha value is -2.77. The zero-order valence-electron chi connectivity index (χ0n) is 10.0. The van der Waals surface area contributed by atoms with Crippen LogP contribution in [0.15, 0.2) is 30.6 Å². The number of para-hydroxylation sites is 1. The summed E-state index contributed by atoms with van der Waals surface area (Å²) in [4.78, 5) is 25.2. The highest BCUT2D eigenvalue weighted by Crippen LogP contribution is 2.18. The Balaban J connectivity index is 2.18. The zero-order chi connectivity index (χ0) is 13.8. The minimum absolute atomic E-state index is 0.138. The number of ether oxygens (including phenoxy) is 1. The fraction of sp³-hybridized carbons (Fsp3) is 0.182. The van der Waals surface area contributed by atoms with Gasteiger partial charge in [0, 0.05) is 5.10 Å². The molecule has 1 aromatic heterocycles. The van der Waals surface area contributed by atoms with E-state index in [4.69, 9.17) is 4.74 Å². The van der Waals surface area contributed by atoms with Crippen molar-refractivity contribution >= 4 is 11.7 Å². The summed E-state index contributed by atoms with van der Waals surface area (Å²) < 4.78 is 6.19. The highest BCUT2D eigenvalue weighted by molar-refractivity contribution is 5.98. The first-order valence-electron chi connectivity index (χ1n) is 5.32. The van der Waals surface area contributed by atoms with Crippen LogP contribution in [0.4, 0.5) is 5.95 Å². The van der Waals surface area contributed by atoms with Gasteiger partial charge in [0.25, 0.3) is 0 Å². The molecule has 0 aliphatic rings. The quantitative estimate of drug-likeness (QED) is 0.454. The first kappa shape index (κ1) is 12.7. The molecule has 0 radical (unpaired) electrons. The van der Waals surface area contributed by atoms with Crippen LogP contribution in [-0.2, 0) is 6.54 Å². The standard InChI is InChI=1S/C11H10N4O4/c1-19-10-5-3-2-4-8(10)9(16)6-14-7-12-11(13-14)15(17)18/h2-5,7H,6H2,1H3. The fourth-order valence-corrected chi connectivity index (χ4v) is 1.55. The molecule has 2 rings (SSSR count). The van der Waals surface area contributed by atoms with Gasteiger partial charge in [-0.1, -0.05) is 17.1 Å². The van der Waals surface area contributed by atoms with E-state index in [1.807, 2.05) is 0 Å². The molecule has 0 N–H and O–H groups in total. The van der Waals surface area contributed by atoms with Gasteiger partial charge in [-0.05, 0) is 17.1 Å². The number of nitro groups is 1. The first-order chi connectivity index (χ1) is 9.11. The van der Waals surface area contributed by atoms with Crippen molar-refractivity contribution in [2.45, 2.75) is 6.54 Å². The molecule has 0 unspecified atom stereocenters. The minimum Gasteiger partial charge on any atom is -0.496 e. The van der Waals surface area contributed by atoms with Crippen LogP contribution in [0.25, 0.3) is 0 Å². The second-order valence-corrected chi connectivity index (χ2v) is 3.62. The third-order valence-electron chi connectivity index (χ3n) is 2.40. The Morgan fingerprint density at radius 2 is 2.21 bits per heavy atom. The van der Waals surface area contributed by atoms with Crippen molar-refractivity contribution in [3.63, 3.8) is 0 Å². The highest BCUT2D eigenvalue weighted by Gasteiger charge is 2.17. The van der Waals surface area contributed by atoms with Crippen molar-refractivity contribution < 1.29 is 14.5 Å². The van der Waals surface area contributed by atoms with Crippen LogP contribution in [-0.4, -0.2) is 32.6 Å². The maximum absolute atomic E-state index is 12.0. The first-order valence-corrected chi connectivity index (χ1v) is 5.32. The number of aromatic nitrogens is 3. The molecule has 2 aromatic rings. The lowest BCUT2D eigenvalue weighted by Crippen LogP contribution is -2.12. The molecule has 8 nitrogen and oxygen atoms in total. The predicted octanol–water partition coefficient (Wildman–Crippen LogP) is 1.08. The van der Waals surface area contributed by atoms with Gasteiger partial charge in [0.1, 0.15) is 12.3 Å². The molecular weight excluding hydrogens is 252 g/mol. The summed E-state index contributed by atoms with van der Waals surface area (Å²) >= 11 is 0. The van der Waals surface area contributed by atoms with Gasteiger partial charge in [-0.15, -0.1) is 0 Å². The molecule has 0 fully saturated rings. The molecule has 0 aliphatic carbocycles. The smallest absolute Gasteiger partial charge is 0.490 e. The van der Waals surface area contributed by atoms with Gasteiger partial charge in [0.05, 0.1) is 12.7 Å². The zero-order valence-corrected chi connectivity index (χ0v) is 10.0. The molecule has 98 valence electrons. The maximum Gasteiger partial charge on any atom is 0.490 e. The van der Waals surface area contributed by atoms with Crippen molar-refractivity contribution in [1.29, 1.82) is 0 Å². The highest BCUT2D eigenvalue weighted by atomic mass is 16.6. The number of carbonyl (C=O) groups is 1. The summed E-state index contributed by atoms with van der Waals surface area (Å²) in [6.07, 6.45) is 1.14. The number of hydrogen-bond acceptors (Lipinski definition) is 6. The topological polar surface area (TPSA) is 100 Å². The van der Waals surface area contributed by atoms with Crippen molar-refractivity contribution in [3.8, 4) is 5.75 Å². The Kier molecular flexibility index (Phi) is 3.51. The molecule has 0 amide bonds. The largest absolute Gasteiger partial charge is 0.496 e. The Bertz CT molecular complexity index is 623. The van der Waals surface area contributed by atoms with E-state index in [1.165, 1.54) is 7.11 Å². The minimum atomic E-state index is -0.718. The van der Waals surface area contributed by atoms with Gasteiger partial charge < -0.3 is 14.9 Å². The molecule has 8 heteroatoms. The number of ketones is 1. The predicted molar refractivity (Wildman–Crippen MR) is 64.0 cm³/mol. The van der Waals surface area contributed by atoms with Gasteiger partial charge in [-0.25, -0.2) is 0 Å². The molecule has 0 saturated heterocycles. The number of benzene rings is 1. The summed E-state index contributed by atoms with van der Waals surface area (Å²) in [5, 5.41) is 14.0. The number of carbonyl (C=O) groups excluding carboxylic acids is 1. The number of Topliss-reactive ketones (excluding diaryl/α,β-unsaturated/α-hetero) is 1. The molecule has 1 heterocycles. The number of nitrogens with zero attached hydrogens (tertiary/aromatic N) is 4. The van der Waals surface area contributed by atoms with Gasteiger partial charge in [-0.3, -0.25) is 4.79 Å². The van der Waals surface area contributed by atoms with Crippen LogP contribution in [0.1, 0.15) is 10.4 Å². The average Bonchev–Trinajstić information content (AvgIpc) is 2.87. The van der Waals surface area contributed by atoms with E-state index in [0.29, 0.717) is 11.3 Å². The summed E-state index contributed by atoms with van der Waals surface area (Å²) in [5.41, 5.74) is 0.392. The van der Waals surface area contributed by atoms with Crippen LogP contribution in [0.2, 0.25) is 0 Å². The molecule has 19 heavy (non-hydrogen) atoms. The van der Waals surface area contributed by atoms with E-state index in [-0.39, 0.29) is 12.3 Å². The summed E-state index contributed by atoms with van der Waals surface area (Å²) in [6, 6.07) is 6.74. The number of rotatable bonds is 5. The van der Waals surface area contributed by atoms with Crippen LogP contribution >= 0.6 is 0 Å². The van der Waals surface area contributed by atoms with E-state index in [1.54, 1.807) is 24.3 Å². The second-order valence-electron chi connectivity index (χ2n) is 3.62. The number of methoxy groups -OCH3 is 1. The van der Waals surface area contributed by atoms with Gasteiger partial charge >= 0.3 is 5.95 Å². The second kappa shape index (κ2) is 5.25. The van der Waals surface area contributed by atoms with Gasteiger partial charge in [0.2, 0.25) is 6.33 Å². The molecular formula is C11H10N4O4. The monoisotopic (exact) mass is 262 g/mol. The van der Waals surface area contributed by atoms with E-state index < -0.39 is 10.9 Å². The average molecular weight is 262 g/mol. The third-order valence-corrected chi connectivity index (χ3v) is 2.40.